The Hall–Kier alpha value is -1.62. The van der Waals surface area contributed by atoms with Gasteiger partial charge < -0.3 is 24.0 Å². The van der Waals surface area contributed by atoms with Crippen molar-refractivity contribution in [3.05, 3.63) is 89.0 Å². The zero-order valence-electron chi connectivity index (χ0n) is 16.5. The molecule has 2 aromatic carbocycles. The normalized spacial score (nSPS) is 13.1. The summed E-state index contributed by atoms with van der Waals surface area (Å²) in [7, 11) is 2.16. The molecule has 0 fully saturated rings. The van der Waals surface area contributed by atoms with Gasteiger partial charge in [0.15, 0.2) is 0 Å². The Morgan fingerprint density at radius 3 is 2.00 bits per heavy atom. The van der Waals surface area contributed by atoms with Gasteiger partial charge in [0.2, 0.25) is 0 Å². The Kier molecular flexibility index (Phi) is 6.67. The molecule has 0 bridgehead atoms. The molecule has 1 unspecified atom stereocenters. The largest absolute Gasteiger partial charge is 1.00 e. The number of rotatable bonds is 5. The third-order valence-electron chi connectivity index (χ3n) is 5.28. The number of hydrogen-bond donors (Lipinski definition) is 0. The second-order valence-corrected chi connectivity index (χ2v) is 7.38. The zero-order chi connectivity index (χ0) is 18.0. The van der Waals surface area contributed by atoms with Crippen molar-refractivity contribution in [2.24, 2.45) is 7.05 Å². The van der Waals surface area contributed by atoms with Crippen LogP contribution in [0.25, 0.3) is 0 Å². The van der Waals surface area contributed by atoms with Gasteiger partial charge in [-0.1, -0.05) is 59.7 Å². The summed E-state index contributed by atoms with van der Waals surface area (Å²) in [5.74, 6) is 1.35. The molecule has 0 N–H and O–H groups in total. The topological polar surface area (TPSA) is 8.81 Å². The maximum atomic E-state index is 2.37. The molecule has 3 aromatic rings. The van der Waals surface area contributed by atoms with E-state index < -0.39 is 0 Å². The minimum atomic E-state index is -0.0861. The third kappa shape index (κ3) is 4.03. The van der Waals surface area contributed by atoms with Crippen molar-refractivity contribution in [3.63, 3.8) is 0 Å². The SMILES string of the molecule is CCn1cc[n+](C)c1C(C)(Cc1ccc(C)cc1)c1ccc(C)cc1.[I-]. The summed E-state index contributed by atoms with van der Waals surface area (Å²) in [6, 6.07) is 18.0. The van der Waals surface area contributed by atoms with Crippen LogP contribution in [0.15, 0.2) is 60.9 Å². The predicted octanol–water partition coefficient (Wildman–Crippen LogP) is 1.50. The van der Waals surface area contributed by atoms with Crippen molar-refractivity contribution in [1.29, 1.82) is 0 Å². The van der Waals surface area contributed by atoms with E-state index in [2.05, 4.69) is 105 Å². The summed E-state index contributed by atoms with van der Waals surface area (Å²) in [5, 5.41) is 0. The van der Waals surface area contributed by atoms with Crippen molar-refractivity contribution in [2.75, 3.05) is 0 Å². The van der Waals surface area contributed by atoms with Crippen LogP contribution < -0.4 is 28.5 Å². The fourth-order valence-corrected chi connectivity index (χ4v) is 3.83. The van der Waals surface area contributed by atoms with E-state index in [1.807, 2.05) is 0 Å². The van der Waals surface area contributed by atoms with Crippen LogP contribution in [0.5, 0.6) is 0 Å². The molecule has 1 aromatic heterocycles. The number of aryl methyl sites for hydroxylation is 4. The second-order valence-electron chi connectivity index (χ2n) is 7.38. The molecule has 3 heteroatoms. The average Bonchev–Trinajstić information content (AvgIpc) is 2.99. The number of nitrogens with zero attached hydrogens (tertiary/aromatic N) is 2. The van der Waals surface area contributed by atoms with E-state index in [0.717, 1.165) is 13.0 Å². The predicted molar refractivity (Wildman–Crippen MR) is 104 cm³/mol. The maximum absolute atomic E-state index is 2.37. The summed E-state index contributed by atoms with van der Waals surface area (Å²) in [6.07, 6.45) is 5.34. The highest BCUT2D eigenvalue weighted by molar-refractivity contribution is 5.36. The highest BCUT2D eigenvalue weighted by Crippen LogP contribution is 2.34. The lowest BCUT2D eigenvalue weighted by molar-refractivity contribution is -0.682. The minimum absolute atomic E-state index is 0. The molecule has 0 amide bonds. The Labute approximate surface area is 174 Å². The van der Waals surface area contributed by atoms with Crippen molar-refractivity contribution in [1.82, 2.24) is 4.57 Å². The van der Waals surface area contributed by atoms with Crippen LogP contribution in [0.1, 0.15) is 41.9 Å². The van der Waals surface area contributed by atoms with E-state index in [1.54, 1.807) is 0 Å². The highest BCUT2D eigenvalue weighted by Gasteiger charge is 2.39. The van der Waals surface area contributed by atoms with Crippen molar-refractivity contribution >= 4 is 0 Å². The summed E-state index contributed by atoms with van der Waals surface area (Å²) in [4.78, 5) is 0. The Bertz CT molecular complexity index is 847. The molecule has 1 heterocycles. The first kappa shape index (κ1) is 20.7. The molecule has 0 aliphatic heterocycles. The summed E-state index contributed by atoms with van der Waals surface area (Å²) in [6.45, 7) is 9.86. The Morgan fingerprint density at radius 2 is 1.46 bits per heavy atom. The molecular formula is C23H29IN2. The van der Waals surface area contributed by atoms with Gasteiger partial charge in [-0.05, 0) is 45.2 Å². The standard InChI is InChI=1S/C23H29N2.HI/c1-6-25-16-15-24(5)22(25)23(4,21-13-9-19(3)10-14-21)17-20-11-7-18(2)8-12-20;/h7-16H,6,17H2,1-5H3;1H/q+1;/p-1. The number of benzene rings is 2. The number of hydrogen-bond acceptors (Lipinski definition) is 0. The third-order valence-corrected chi connectivity index (χ3v) is 5.28. The fraction of sp³-hybridized carbons (Fsp3) is 0.348. The molecule has 0 spiro atoms. The van der Waals surface area contributed by atoms with Gasteiger partial charge in [-0.15, -0.1) is 0 Å². The lowest BCUT2D eigenvalue weighted by atomic mass is 9.76. The van der Waals surface area contributed by atoms with Crippen LogP contribution in [0, 0.1) is 13.8 Å². The van der Waals surface area contributed by atoms with Crippen molar-refractivity contribution in [2.45, 2.75) is 46.1 Å². The van der Waals surface area contributed by atoms with Gasteiger partial charge in [0, 0.05) is 0 Å². The van der Waals surface area contributed by atoms with Gasteiger partial charge in [-0.3, -0.25) is 0 Å². The van der Waals surface area contributed by atoms with Crippen molar-refractivity contribution in [3.8, 4) is 0 Å². The van der Waals surface area contributed by atoms with Crippen LogP contribution in [0.4, 0.5) is 0 Å². The smallest absolute Gasteiger partial charge is 0.267 e. The molecule has 0 aliphatic carbocycles. The molecule has 0 radical (unpaired) electrons. The first-order valence-corrected chi connectivity index (χ1v) is 9.12. The minimum Gasteiger partial charge on any atom is -1.00 e. The van der Waals surface area contributed by atoms with Crippen molar-refractivity contribution < 1.29 is 28.5 Å². The summed E-state index contributed by atoms with van der Waals surface area (Å²) >= 11 is 0. The van der Waals surface area contributed by atoms with Crippen LogP contribution >= 0.6 is 0 Å². The van der Waals surface area contributed by atoms with Gasteiger partial charge in [0.25, 0.3) is 5.82 Å². The molecule has 138 valence electrons. The molecule has 0 aliphatic rings. The lowest BCUT2D eigenvalue weighted by Gasteiger charge is -2.28. The maximum Gasteiger partial charge on any atom is 0.267 e. The Balaban J connectivity index is 0.00000243. The van der Waals surface area contributed by atoms with Gasteiger partial charge >= 0.3 is 0 Å². The van der Waals surface area contributed by atoms with E-state index in [1.165, 1.54) is 28.1 Å². The first-order valence-electron chi connectivity index (χ1n) is 9.12. The summed E-state index contributed by atoms with van der Waals surface area (Å²) in [5.41, 5.74) is 5.26. The second kappa shape index (κ2) is 8.38. The quantitative estimate of drug-likeness (QED) is 0.403. The Morgan fingerprint density at radius 1 is 0.923 bits per heavy atom. The highest BCUT2D eigenvalue weighted by atomic mass is 127. The van der Waals surface area contributed by atoms with Gasteiger partial charge in [-0.2, -0.15) is 0 Å². The van der Waals surface area contributed by atoms with E-state index in [-0.39, 0.29) is 29.4 Å². The van der Waals surface area contributed by atoms with Gasteiger partial charge in [0.1, 0.15) is 12.4 Å². The summed E-state index contributed by atoms with van der Waals surface area (Å²) < 4.78 is 4.64. The molecule has 2 nitrogen and oxygen atoms in total. The number of aromatic nitrogens is 2. The van der Waals surface area contributed by atoms with Crippen LogP contribution in [-0.2, 0) is 25.4 Å². The molecule has 1 atom stereocenters. The van der Waals surface area contributed by atoms with E-state index in [9.17, 15) is 0 Å². The fourth-order valence-electron chi connectivity index (χ4n) is 3.83. The van der Waals surface area contributed by atoms with Crippen LogP contribution in [-0.4, -0.2) is 4.57 Å². The number of halogens is 1. The van der Waals surface area contributed by atoms with Gasteiger partial charge in [-0.25, -0.2) is 9.13 Å². The van der Waals surface area contributed by atoms with E-state index in [0.29, 0.717) is 0 Å². The van der Waals surface area contributed by atoms with E-state index in [4.69, 9.17) is 0 Å². The molecule has 0 saturated heterocycles. The lowest BCUT2D eigenvalue weighted by Crippen LogP contribution is -3.00. The molecule has 0 saturated carbocycles. The van der Waals surface area contributed by atoms with Crippen LogP contribution in [0.2, 0.25) is 0 Å². The monoisotopic (exact) mass is 460 g/mol. The molecular weight excluding hydrogens is 431 g/mol. The van der Waals surface area contributed by atoms with Gasteiger partial charge in [0.05, 0.1) is 19.0 Å². The number of imidazole rings is 1. The van der Waals surface area contributed by atoms with E-state index >= 15 is 0 Å². The first-order chi connectivity index (χ1) is 11.9. The molecule has 26 heavy (non-hydrogen) atoms. The zero-order valence-corrected chi connectivity index (χ0v) is 18.6. The van der Waals surface area contributed by atoms with Crippen LogP contribution in [0.3, 0.4) is 0 Å². The average molecular weight is 460 g/mol. The molecule has 3 rings (SSSR count).